The number of nitrogens with one attached hydrogen (secondary N) is 2. The topological polar surface area (TPSA) is 80.3 Å². The average molecular weight is 297 g/mol. The summed E-state index contributed by atoms with van der Waals surface area (Å²) in [6.45, 7) is 2.27. The maximum Gasteiger partial charge on any atom is 0.241 e. The van der Waals surface area contributed by atoms with Crippen molar-refractivity contribution in [2.45, 2.75) is 17.7 Å². The first-order valence-electron chi connectivity index (χ1n) is 6.51. The zero-order valence-electron chi connectivity index (χ0n) is 11.4. The van der Waals surface area contributed by atoms with Crippen LogP contribution in [0.5, 0.6) is 0 Å². The van der Waals surface area contributed by atoms with Crippen molar-refractivity contribution in [2.75, 3.05) is 32.1 Å². The van der Waals surface area contributed by atoms with Gasteiger partial charge in [0.05, 0.1) is 13.2 Å². The number of aromatic nitrogens is 1. The molecule has 2 heterocycles. The lowest BCUT2D eigenvalue weighted by atomic mass is 10.1. The maximum absolute atomic E-state index is 11.5. The normalized spacial score (nSPS) is 15.8. The van der Waals surface area contributed by atoms with Crippen molar-refractivity contribution >= 4 is 15.8 Å². The van der Waals surface area contributed by atoms with Crippen molar-refractivity contribution < 1.29 is 13.2 Å². The SMILES string of the molecule is CNS(=O)(=O)c1ccc(NCCC2=CCOCC2)nc1. The third-order valence-corrected chi connectivity index (χ3v) is 4.52. The molecular formula is C13H19N3O3S. The molecule has 0 radical (unpaired) electrons. The monoisotopic (exact) mass is 297 g/mol. The Balaban J connectivity index is 1.86. The second kappa shape index (κ2) is 6.83. The molecule has 1 aliphatic heterocycles. The number of hydrogen-bond donors (Lipinski definition) is 2. The maximum atomic E-state index is 11.5. The van der Waals surface area contributed by atoms with Crippen molar-refractivity contribution in [3.8, 4) is 0 Å². The van der Waals surface area contributed by atoms with Crippen LogP contribution < -0.4 is 10.0 Å². The molecule has 0 atom stereocenters. The van der Waals surface area contributed by atoms with Crippen molar-refractivity contribution in [3.05, 3.63) is 30.0 Å². The molecule has 0 spiro atoms. The third-order valence-electron chi connectivity index (χ3n) is 3.12. The molecule has 2 N–H and O–H groups in total. The molecule has 1 aromatic rings. The van der Waals surface area contributed by atoms with Crippen LogP contribution in [-0.4, -0.2) is 40.2 Å². The van der Waals surface area contributed by atoms with Gasteiger partial charge in [-0.1, -0.05) is 11.6 Å². The summed E-state index contributed by atoms with van der Waals surface area (Å²) in [4.78, 5) is 4.27. The fourth-order valence-electron chi connectivity index (χ4n) is 1.91. The molecule has 0 aromatic carbocycles. The standard InChI is InChI=1S/C13H19N3O3S/c1-14-20(17,18)12-2-3-13(16-10-12)15-7-4-11-5-8-19-9-6-11/h2-3,5,10,14H,4,6-9H2,1H3,(H,15,16). The molecule has 1 aromatic heterocycles. The Morgan fingerprint density at radius 1 is 1.40 bits per heavy atom. The minimum absolute atomic E-state index is 0.165. The highest BCUT2D eigenvalue weighted by molar-refractivity contribution is 7.89. The smallest absolute Gasteiger partial charge is 0.241 e. The highest BCUT2D eigenvalue weighted by atomic mass is 32.2. The minimum Gasteiger partial charge on any atom is -0.377 e. The zero-order chi connectivity index (χ0) is 14.4. The van der Waals surface area contributed by atoms with Gasteiger partial charge < -0.3 is 10.1 Å². The summed E-state index contributed by atoms with van der Waals surface area (Å²) in [5.41, 5.74) is 1.39. The number of rotatable bonds is 6. The Bertz CT molecular complexity index is 567. The van der Waals surface area contributed by atoms with Crippen molar-refractivity contribution in [1.82, 2.24) is 9.71 Å². The van der Waals surface area contributed by atoms with Crippen molar-refractivity contribution in [2.24, 2.45) is 0 Å². The number of sulfonamides is 1. The van der Waals surface area contributed by atoms with Crippen molar-refractivity contribution in [1.29, 1.82) is 0 Å². The van der Waals surface area contributed by atoms with E-state index < -0.39 is 10.0 Å². The molecule has 0 fully saturated rings. The average Bonchev–Trinajstić information content (AvgIpc) is 2.49. The molecule has 6 nitrogen and oxygen atoms in total. The summed E-state index contributed by atoms with van der Waals surface area (Å²) in [5.74, 6) is 0.674. The first-order valence-corrected chi connectivity index (χ1v) is 7.99. The lowest BCUT2D eigenvalue weighted by Crippen LogP contribution is -2.18. The Hall–Kier alpha value is -1.44. The third kappa shape index (κ3) is 4.03. The van der Waals surface area contributed by atoms with E-state index >= 15 is 0 Å². The molecular weight excluding hydrogens is 278 g/mol. The van der Waals surface area contributed by atoms with Crippen LogP contribution in [0.1, 0.15) is 12.8 Å². The van der Waals surface area contributed by atoms with Crippen LogP contribution in [-0.2, 0) is 14.8 Å². The predicted octanol–water partition coefficient (Wildman–Crippen LogP) is 1.14. The van der Waals surface area contributed by atoms with Crippen LogP contribution in [0.2, 0.25) is 0 Å². The Morgan fingerprint density at radius 2 is 2.25 bits per heavy atom. The highest BCUT2D eigenvalue weighted by Gasteiger charge is 2.11. The minimum atomic E-state index is -3.42. The second-order valence-corrected chi connectivity index (χ2v) is 6.34. The molecule has 7 heteroatoms. The lowest BCUT2D eigenvalue weighted by molar-refractivity contribution is 0.153. The van der Waals surface area contributed by atoms with E-state index in [9.17, 15) is 8.42 Å². The fraction of sp³-hybridized carbons (Fsp3) is 0.462. The van der Waals surface area contributed by atoms with Gasteiger partial charge in [-0.3, -0.25) is 0 Å². The number of nitrogens with zero attached hydrogens (tertiary/aromatic N) is 1. The summed E-state index contributed by atoms with van der Waals surface area (Å²) in [6.07, 6.45) is 5.39. The van der Waals surface area contributed by atoms with Gasteiger partial charge >= 0.3 is 0 Å². The lowest BCUT2D eigenvalue weighted by Gasteiger charge is -2.14. The van der Waals surface area contributed by atoms with Gasteiger partial charge in [-0.2, -0.15) is 0 Å². The molecule has 0 bridgehead atoms. The molecule has 110 valence electrons. The molecule has 20 heavy (non-hydrogen) atoms. The molecule has 0 amide bonds. The molecule has 1 aliphatic rings. The van der Waals surface area contributed by atoms with Gasteiger partial charge in [0.1, 0.15) is 10.7 Å². The van der Waals surface area contributed by atoms with E-state index in [-0.39, 0.29) is 4.90 Å². The van der Waals surface area contributed by atoms with Gasteiger partial charge in [0.2, 0.25) is 10.0 Å². The Labute approximate surface area is 119 Å². The van der Waals surface area contributed by atoms with Crippen LogP contribution >= 0.6 is 0 Å². The van der Waals surface area contributed by atoms with Gasteiger partial charge in [-0.15, -0.1) is 0 Å². The van der Waals surface area contributed by atoms with Gasteiger partial charge in [-0.25, -0.2) is 18.1 Å². The van der Waals surface area contributed by atoms with E-state index in [2.05, 4.69) is 21.1 Å². The molecule has 0 aliphatic carbocycles. The van der Waals surface area contributed by atoms with Gasteiger partial charge in [0, 0.05) is 12.7 Å². The summed E-state index contributed by atoms with van der Waals surface area (Å²) >= 11 is 0. The second-order valence-electron chi connectivity index (χ2n) is 4.45. The Morgan fingerprint density at radius 3 is 2.85 bits per heavy atom. The first kappa shape index (κ1) is 15.0. The van der Waals surface area contributed by atoms with Gasteiger partial charge in [-0.05, 0) is 32.0 Å². The van der Waals surface area contributed by atoms with Crippen LogP contribution in [0.25, 0.3) is 0 Å². The number of hydrogen-bond acceptors (Lipinski definition) is 5. The van der Waals surface area contributed by atoms with E-state index in [1.165, 1.54) is 24.9 Å². The molecule has 0 unspecified atom stereocenters. The van der Waals surface area contributed by atoms with Gasteiger partial charge in [0.15, 0.2) is 0 Å². The van der Waals surface area contributed by atoms with Crippen LogP contribution in [0.4, 0.5) is 5.82 Å². The van der Waals surface area contributed by atoms with Crippen molar-refractivity contribution in [3.63, 3.8) is 0 Å². The predicted molar refractivity (Wildman–Crippen MR) is 77.1 cm³/mol. The first-order chi connectivity index (χ1) is 9.62. The molecule has 0 saturated carbocycles. The number of pyridine rings is 1. The van der Waals surface area contributed by atoms with Crippen LogP contribution in [0.15, 0.2) is 34.9 Å². The van der Waals surface area contributed by atoms with E-state index in [4.69, 9.17) is 4.74 Å². The summed E-state index contributed by atoms with van der Waals surface area (Å²) in [7, 11) is -2.04. The van der Waals surface area contributed by atoms with Gasteiger partial charge in [0.25, 0.3) is 0 Å². The summed E-state index contributed by atoms with van der Waals surface area (Å²) in [6, 6.07) is 3.21. The quantitative estimate of drug-likeness (QED) is 0.770. The van der Waals surface area contributed by atoms with E-state index in [0.29, 0.717) is 12.4 Å². The largest absolute Gasteiger partial charge is 0.377 e. The summed E-state index contributed by atoms with van der Waals surface area (Å²) < 4.78 is 30.6. The fourth-order valence-corrected chi connectivity index (χ4v) is 2.58. The van der Waals surface area contributed by atoms with Crippen LogP contribution in [0.3, 0.4) is 0 Å². The van der Waals surface area contributed by atoms with Crippen LogP contribution in [0, 0.1) is 0 Å². The highest BCUT2D eigenvalue weighted by Crippen LogP contribution is 2.13. The number of ether oxygens (including phenoxy) is 1. The van der Waals surface area contributed by atoms with E-state index in [1.54, 1.807) is 6.07 Å². The zero-order valence-corrected chi connectivity index (χ0v) is 12.2. The van der Waals surface area contributed by atoms with E-state index in [0.717, 1.165) is 26.0 Å². The molecule has 0 saturated heterocycles. The Kier molecular flexibility index (Phi) is 5.11. The number of anilines is 1. The van der Waals surface area contributed by atoms with E-state index in [1.807, 2.05) is 0 Å². The molecule has 2 rings (SSSR count). The summed E-state index contributed by atoms with van der Waals surface area (Å²) in [5, 5.41) is 3.18.